The maximum Gasteiger partial charge on any atom is 0.237 e. The van der Waals surface area contributed by atoms with Crippen molar-refractivity contribution in [2.45, 2.75) is 37.8 Å². The zero-order valence-corrected chi connectivity index (χ0v) is 20.1. The van der Waals surface area contributed by atoms with Crippen LogP contribution in [0.15, 0.2) is 36.7 Å². The maximum absolute atomic E-state index is 14.5. The van der Waals surface area contributed by atoms with Gasteiger partial charge in [-0.25, -0.2) is 14.4 Å². The summed E-state index contributed by atoms with van der Waals surface area (Å²) in [5.74, 6) is 1.40. The molecule has 1 amide bonds. The van der Waals surface area contributed by atoms with E-state index in [0.29, 0.717) is 40.7 Å². The number of aromatic nitrogens is 2. The second-order valence-corrected chi connectivity index (χ2v) is 9.25. The number of piperazine rings is 1. The fourth-order valence-corrected chi connectivity index (χ4v) is 5.03. The molecular weight excluding hydrogens is 473 g/mol. The lowest BCUT2D eigenvalue weighted by molar-refractivity contribution is -0.126. The van der Waals surface area contributed by atoms with Gasteiger partial charge < -0.3 is 25.4 Å². The zero-order valence-electron chi connectivity index (χ0n) is 19.3. The Bertz CT molecular complexity index is 1240. The van der Waals surface area contributed by atoms with Crippen molar-refractivity contribution in [2.75, 3.05) is 25.5 Å². The first-order valence-corrected chi connectivity index (χ1v) is 12.1. The van der Waals surface area contributed by atoms with Gasteiger partial charge >= 0.3 is 0 Å². The average molecular weight is 500 g/mol. The van der Waals surface area contributed by atoms with Gasteiger partial charge in [0.1, 0.15) is 12.1 Å². The van der Waals surface area contributed by atoms with Crippen molar-refractivity contribution in [3.63, 3.8) is 0 Å². The fraction of sp³-hybridized carbons (Fsp3) is 0.400. The lowest BCUT2D eigenvalue weighted by atomic mass is 9.81. The van der Waals surface area contributed by atoms with Gasteiger partial charge in [-0.15, -0.1) is 0 Å². The van der Waals surface area contributed by atoms with Crippen LogP contribution in [-0.4, -0.2) is 48.2 Å². The van der Waals surface area contributed by atoms with Crippen molar-refractivity contribution in [1.29, 1.82) is 0 Å². The Hall–Kier alpha value is -3.17. The molecule has 1 saturated heterocycles. The molecule has 8 nitrogen and oxygen atoms in total. The van der Waals surface area contributed by atoms with Crippen LogP contribution in [0, 0.1) is 11.7 Å². The summed E-state index contributed by atoms with van der Waals surface area (Å²) in [5.41, 5.74) is 0.849. The van der Waals surface area contributed by atoms with Gasteiger partial charge in [-0.3, -0.25) is 4.79 Å². The first kappa shape index (κ1) is 23.6. The highest BCUT2D eigenvalue weighted by Crippen LogP contribution is 2.38. The molecule has 2 aromatic carbocycles. The molecule has 2 aliphatic rings. The summed E-state index contributed by atoms with van der Waals surface area (Å²) >= 11 is 5.93. The van der Waals surface area contributed by atoms with Crippen molar-refractivity contribution < 1.29 is 18.7 Å². The van der Waals surface area contributed by atoms with Crippen LogP contribution in [0.25, 0.3) is 10.9 Å². The third-order valence-electron chi connectivity index (χ3n) is 6.68. The van der Waals surface area contributed by atoms with Crippen molar-refractivity contribution in [2.24, 2.45) is 5.92 Å². The van der Waals surface area contributed by atoms with Crippen LogP contribution >= 0.6 is 11.6 Å². The van der Waals surface area contributed by atoms with Crippen molar-refractivity contribution in [1.82, 2.24) is 20.6 Å². The minimum atomic E-state index is -0.552. The summed E-state index contributed by atoms with van der Waals surface area (Å²) in [6.07, 6.45) is 4.87. The van der Waals surface area contributed by atoms with Crippen molar-refractivity contribution in [3.05, 3.63) is 47.5 Å². The highest BCUT2D eigenvalue weighted by molar-refractivity contribution is 6.31. The number of halogens is 2. The van der Waals surface area contributed by atoms with Crippen LogP contribution in [0.1, 0.15) is 25.7 Å². The third-order valence-corrected chi connectivity index (χ3v) is 6.97. The molecule has 2 heterocycles. The molecule has 1 aliphatic heterocycles. The van der Waals surface area contributed by atoms with Gasteiger partial charge in [-0.1, -0.05) is 17.7 Å². The van der Waals surface area contributed by atoms with Crippen molar-refractivity contribution >= 4 is 39.9 Å². The Morgan fingerprint density at radius 2 is 1.94 bits per heavy atom. The average Bonchev–Trinajstić information content (AvgIpc) is 2.87. The first-order valence-electron chi connectivity index (χ1n) is 11.7. The molecule has 1 atom stereocenters. The molecule has 1 aromatic heterocycles. The summed E-state index contributed by atoms with van der Waals surface area (Å²) in [6.45, 7) is 1.48. The molecule has 1 aliphatic carbocycles. The number of carbonyl (C=O) groups excluding carboxylic acids is 1. The number of benzene rings is 2. The van der Waals surface area contributed by atoms with E-state index in [2.05, 4.69) is 25.9 Å². The molecular formula is C25H27ClFN5O3. The maximum atomic E-state index is 14.5. The molecule has 3 N–H and O–H groups in total. The number of ether oxygens (including phenoxy) is 2. The standard InChI is InChI=1S/C25H27ClFN5O3/c1-34-20-12-19-16(24(31-13-30-19)32-18-4-2-3-17(26)22(18)27)11-21(20)35-15-7-5-14(6-8-15)23-25(33)29-10-9-28-23/h2-4,11-15,23,28H,5-10H2,1H3,(H,29,33)(H,30,31,32)/t14-,15+,23-/m0/s1. The van der Waals surface area contributed by atoms with E-state index in [1.54, 1.807) is 25.3 Å². The SMILES string of the molecule is COc1cc2ncnc(Nc3cccc(Cl)c3F)c2cc1O[C@H]1CC[C@@H]([C@@H]2NCCNC2=O)CC1. The van der Waals surface area contributed by atoms with Gasteiger partial charge in [-0.2, -0.15) is 0 Å². The Balaban J connectivity index is 1.36. The summed E-state index contributed by atoms with van der Waals surface area (Å²) in [5, 5.41) is 10.00. The predicted octanol–water partition coefficient (Wildman–Crippen LogP) is 4.20. The molecule has 5 rings (SSSR count). The van der Waals surface area contributed by atoms with Crippen LogP contribution in [0.5, 0.6) is 11.5 Å². The van der Waals surface area contributed by atoms with Crippen LogP contribution in [-0.2, 0) is 4.79 Å². The van der Waals surface area contributed by atoms with E-state index in [0.717, 1.165) is 32.2 Å². The summed E-state index contributed by atoms with van der Waals surface area (Å²) in [7, 11) is 1.58. The molecule has 0 bridgehead atoms. The van der Waals surface area contributed by atoms with E-state index >= 15 is 0 Å². The molecule has 0 radical (unpaired) electrons. The smallest absolute Gasteiger partial charge is 0.237 e. The van der Waals surface area contributed by atoms with Gasteiger partial charge in [0.25, 0.3) is 0 Å². The van der Waals surface area contributed by atoms with E-state index in [1.807, 2.05) is 6.07 Å². The van der Waals surface area contributed by atoms with Crippen LogP contribution in [0.4, 0.5) is 15.9 Å². The number of anilines is 2. The number of nitrogens with one attached hydrogen (secondary N) is 3. The number of hydrogen-bond donors (Lipinski definition) is 3. The Morgan fingerprint density at radius 3 is 2.71 bits per heavy atom. The summed E-state index contributed by atoms with van der Waals surface area (Å²) in [6, 6.07) is 8.22. The molecule has 0 spiro atoms. The van der Waals surface area contributed by atoms with Crippen LogP contribution in [0.3, 0.4) is 0 Å². The highest BCUT2D eigenvalue weighted by Gasteiger charge is 2.34. The second-order valence-electron chi connectivity index (χ2n) is 8.85. The fourth-order valence-electron chi connectivity index (χ4n) is 4.86. The number of amides is 1. The predicted molar refractivity (Wildman–Crippen MR) is 132 cm³/mol. The van der Waals surface area contributed by atoms with Gasteiger partial charge in [0.2, 0.25) is 5.91 Å². The lowest BCUT2D eigenvalue weighted by Gasteiger charge is -2.35. The molecule has 184 valence electrons. The van der Waals surface area contributed by atoms with Gasteiger partial charge in [0.15, 0.2) is 17.3 Å². The monoisotopic (exact) mass is 499 g/mol. The van der Waals surface area contributed by atoms with Crippen LogP contribution in [0.2, 0.25) is 5.02 Å². The van der Waals surface area contributed by atoms with E-state index in [1.165, 1.54) is 12.4 Å². The lowest BCUT2D eigenvalue weighted by Crippen LogP contribution is -2.56. The van der Waals surface area contributed by atoms with E-state index in [-0.39, 0.29) is 28.8 Å². The molecule has 2 fully saturated rings. The highest BCUT2D eigenvalue weighted by atomic mass is 35.5. The van der Waals surface area contributed by atoms with Crippen LogP contribution < -0.4 is 25.4 Å². The number of carbonyl (C=O) groups is 1. The number of nitrogens with zero attached hydrogens (tertiary/aromatic N) is 2. The molecule has 35 heavy (non-hydrogen) atoms. The van der Waals surface area contributed by atoms with Crippen molar-refractivity contribution in [3.8, 4) is 11.5 Å². The zero-order chi connectivity index (χ0) is 24.4. The summed E-state index contributed by atoms with van der Waals surface area (Å²) < 4.78 is 26.4. The van der Waals surface area contributed by atoms with Gasteiger partial charge in [-0.05, 0) is 49.8 Å². The normalized spacial score (nSPS) is 22.5. The Labute approximate surface area is 207 Å². The van der Waals surface area contributed by atoms with Gasteiger partial charge in [0, 0.05) is 24.5 Å². The number of rotatable bonds is 6. The second kappa shape index (κ2) is 10.2. The molecule has 1 saturated carbocycles. The minimum Gasteiger partial charge on any atom is -0.493 e. The minimum absolute atomic E-state index is 0.00401. The molecule has 3 aromatic rings. The first-order chi connectivity index (χ1) is 17.0. The van der Waals surface area contributed by atoms with E-state index in [9.17, 15) is 9.18 Å². The topological polar surface area (TPSA) is 97.4 Å². The molecule has 10 heteroatoms. The van der Waals surface area contributed by atoms with Gasteiger partial charge in [0.05, 0.1) is 35.5 Å². The Kier molecular flexibility index (Phi) is 6.88. The summed E-state index contributed by atoms with van der Waals surface area (Å²) in [4.78, 5) is 20.9. The largest absolute Gasteiger partial charge is 0.493 e. The number of fused-ring (bicyclic) bond motifs is 1. The quantitative estimate of drug-likeness (QED) is 0.467. The number of methoxy groups -OCH3 is 1. The molecule has 0 unspecified atom stereocenters. The Morgan fingerprint density at radius 1 is 1.11 bits per heavy atom. The van der Waals surface area contributed by atoms with E-state index < -0.39 is 5.82 Å². The third kappa shape index (κ3) is 4.97. The number of hydrogen-bond acceptors (Lipinski definition) is 7. The van der Waals surface area contributed by atoms with E-state index in [4.69, 9.17) is 21.1 Å².